The fourth-order valence-corrected chi connectivity index (χ4v) is 2.38. The van der Waals surface area contributed by atoms with E-state index in [2.05, 4.69) is 4.98 Å². The summed E-state index contributed by atoms with van der Waals surface area (Å²) in [6, 6.07) is 9.42. The molecule has 0 aliphatic carbocycles. The molecule has 0 fully saturated rings. The molecule has 1 heterocycles. The number of ether oxygens (including phenoxy) is 1. The van der Waals surface area contributed by atoms with E-state index in [1.165, 1.54) is 7.11 Å². The molecule has 25 heavy (non-hydrogen) atoms. The Kier molecular flexibility index (Phi) is 5.95. The molecule has 0 atom stereocenters. The van der Waals surface area contributed by atoms with Gasteiger partial charge in [0.15, 0.2) is 5.88 Å². The van der Waals surface area contributed by atoms with Gasteiger partial charge in [0.25, 0.3) is 0 Å². The van der Waals surface area contributed by atoms with Crippen LogP contribution in [-0.4, -0.2) is 23.2 Å². The number of rotatable bonds is 6. The summed E-state index contributed by atoms with van der Waals surface area (Å²) < 4.78 is 5.27. The lowest BCUT2D eigenvalue weighted by Gasteiger charge is -2.11. The minimum absolute atomic E-state index is 0.208. The number of nitrogens with one attached hydrogen (secondary N) is 1. The van der Waals surface area contributed by atoms with Crippen molar-refractivity contribution in [2.45, 2.75) is 20.3 Å². The van der Waals surface area contributed by atoms with E-state index in [9.17, 15) is 14.7 Å². The minimum Gasteiger partial charge on any atom is -0.482 e. The Morgan fingerprint density at radius 1 is 1.20 bits per heavy atom. The van der Waals surface area contributed by atoms with Gasteiger partial charge in [-0.25, -0.2) is 4.79 Å². The Hall–Kier alpha value is -3.08. The first-order chi connectivity index (χ1) is 11.9. The van der Waals surface area contributed by atoms with Crippen molar-refractivity contribution in [3.63, 3.8) is 0 Å². The zero-order valence-electron chi connectivity index (χ0n) is 14.5. The average molecular weight is 339 g/mol. The zero-order valence-corrected chi connectivity index (χ0v) is 14.5. The molecule has 0 radical (unpaired) electrons. The molecule has 0 aliphatic rings. The monoisotopic (exact) mass is 339 g/mol. The molecule has 2 rings (SSSR count). The molecule has 2 N–H and O–H groups in total. The lowest BCUT2D eigenvalue weighted by Crippen LogP contribution is -2.22. The predicted molar refractivity (Wildman–Crippen MR) is 99.1 cm³/mol. The van der Waals surface area contributed by atoms with Gasteiger partial charge in [-0.05, 0) is 31.9 Å². The van der Waals surface area contributed by atoms with Gasteiger partial charge < -0.3 is 14.8 Å². The van der Waals surface area contributed by atoms with Crippen LogP contribution in [0.25, 0.3) is 12.2 Å². The van der Waals surface area contributed by atoms with E-state index < -0.39 is 11.4 Å². The van der Waals surface area contributed by atoms with Crippen LogP contribution in [0.5, 0.6) is 5.88 Å². The van der Waals surface area contributed by atoms with Crippen molar-refractivity contribution in [2.75, 3.05) is 7.11 Å². The van der Waals surface area contributed by atoms with Crippen molar-refractivity contribution in [3.05, 3.63) is 74.6 Å². The zero-order chi connectivity index (χ0) is 18.4. The van der Waals surface area contributed by atoms with Gasteiger partial charge in [-0.15, -0.1) is 0 Å². The van der Waals surface area contributed by atoms with Gasteiger partial charge in [0.05, 0.1) is 18.4 Å². The first-order valence-electron chi connectivity index (χ1n) is 7.87. The maximum absolute atomic E-state index is 12.7. The van der Waals surface area contributed by atoms with Crippen LogP contribution in [0.15, 0.2) is 46.8 Å². The molecule has 0 amide bonds. The topological polar surface area (TPSA) is 79.4 Å². The normalized spacial score (nSPS) is 10.7. The van der Waals surface area contributed by atoms with E-state index in [0.717, 1.165) is 11.1 Å². The van der Waals surface area contributed by atoms with Gasteiger partial charge in [-0.1, -0.05) is 48.1 Å². The Labute approximate surface area is 146 Å². The van der Waals surface area contributed by atoms with Crippen molar-refractivity contribution in [1.29, 1.82) is 0 Å². The van der Waals surface area contributed by atoms with E-state index in [1.54, 1.807) is 12.2 Å². The molecular formula is C20H21NO4. The first kappa shape index (κ1) is 18.3. The first-order valence-corrected chi connectivity index (χ1v) is 7.87. The lowest BCUT2D eigenvalue weighted by atomic mass is 10.0. The molecular weight excluding hydrogens is 318 g/mol. The number of benzene rings is 1. The molecule has 1 aromatic heterocycles. The van der Waals surface area contributed by atoms with Crippen LogP contribution in [0.3, 0.4) is 0 Å². The summed E-state index contributed by atoms with van der Waals surface area (Å²) in [4.78, 5) is 27.3. The van der Waals surface area contributed by atoms with Crippen molar-refractivity contribution >= 4 is 18.1 Å². The van der Waals surface area contributed by atoms with Gasteiger partial charge in [0, 0.05) is 0 Å². The average Bonchev–Trinajstić information content (AvgIpc) is 2.58. The second-order valence-electron chi connectivity index (χ2n) is 5.79. The van der Waals surface area contributed by atoms with Gasteiger partial charge in [-0.2, -0.15) is 0 Å². The van der Waals surface area contributed by atoms with Crippen molar-refractivity contribution in [2.24, 2.45) is 0 Å². The summed E-state index contributed by atoms with van der Waals surface area (Å²) in [5.41, 5.74) is 1.62. The number of carboxylic acids is 1. The summed E-state index contributed by atoms with van der Waals surface area (Å²) in [7, 11) is 1.45. The molecule has 5 heteroatoms. The SMILES string of the molecule is COc1[nH]c(/C=C/c2ccccc2)c(C(=O)O)c(=O)c1CC=C(C)C. The molecule has 2 aromatic rings. The van der Waals surface area contributed by atoms with Crippen molar-refractivity contribution in [1.82, 2.24) is 4.98 Å². The second-order valence-corrected chi connectivity index (χ2v) is 5.79. The van der Waals surface area contributed by atoms with Gasteiger partial charge >= 0.3 is 5.97 Å². The van der Waals surface area contributed by atoms with Crippen molar-refractivity contribution < 1.29 is 14.6 Å². The lowest BCUT2D eigenvalue weighted by molar-refractivity contribution is 0.0694. The van der Waals surface area contributed by atoms with Crippen molar-refractivity contribution in [3.8, 4) is 5.88 Å². The number of H-pyrrole nitrogens is 1. The highest BCUT2D eigenvalue weighted by atomic mass is 16.5. The molecule has 1 aromatic carbocycles. The highest BCUT2D eigenvalue weighted by Crippen LogP contribution is 2.18. The Balaban J connectivity index is 2.58. The molecule has 0 saturated carbocycles. The highest BCUT2D eigenvalue weighted by molar-refractivity contribution is 5.93. The number of allylic oxidation sites excluding steroid dienone is 2. The molecule has 0 aliphatic heterocycles. The number of carbonyl (C=O) groups is 1. The van der Waals surface area contributed by atoms with Crippen LogP contribution in [0.4, 0.5) is 0 Å². The molecule has 0 bridgehead atoms. The molecule has 5 nitrogen and oxygen atoms in total. The Morgan fingerprint density at radius 2 is 1.88 bits per heavy atom. The van der Waals surface area contributed by atoms with Gasteiger partial charge in [0.1, 0.15) is 5.56 Å². The summed E-state index contributed by atoms with van der Waals surface area (Å²) in [5.74, 6) is -0.990. The summed E-state index contributed by atoms with van der Waals surface area (Å²) >= 11 is 0. The summed E-state index contributed by atoms with van der Waals surface area (Å²) in [6.07, 6.45) is 5.49. The van der Waals surface area contributed by atoms with E-state index in [-0.39, 0.29) is 17.1 Å². The van der Waals surface area contributed by atoms with E-state index >= 15 is 0 Å². The van der Waals surface area contributed by atoms with Gasteiger partial charge in [0.2, 0.25) is 5.43 Å². The standard InChI is InChI=1S/C20H21NO4/c1-13(2)9-11-15-18(22)17(20(23)24)16(21-19(15)25-3)12-10-14-7-5-4-6-8-14/h4-10,12H,11H2,1-3H3,(H,21,22)(H,23,24)/b12-10+. The Bertz CT molecular complexity index is 873. The predicted octanol–water partition coefficient (Wildman–Crippen LogP) is 3.76. The number of aromatic amines is 1. The quantitative estimate of drug-likeness (QED) is 0.785. The third-order valence-electron chi connectivity index (χ3n) is 3.67. The van der Waals surface area contributed by atoms with E-state index in [4.69, 9.17) is 4.74 Å². The van der Waals surface area contributed by atoms with Crippen LogP contribution in [0.1, 0.15) is 41.0 Å². The van der Waals surface area contributed by atoms with Crippen LogP contribution in [-0.2, 0) is 6.42 Å². The number of hydrogen-bond donors (Lipinski definition) is 2. The largest absolute Gasteiger partial charge is 0.482 e. The van der Waals surface area contributed by atoms with Crippen LogP contribution in [0, 0.1) is 0 Å². The number of aromatic carboxylic acids is 1. The maximum Gasteiger partial charge on any atom is 0.341 e. The number of hydrogen-bond acceptors (Lipinski definition) is 3. The smallest absolute Gasteiger partial charge is 0.341 e. The summed E-state index contributed by atoms with van der Waals surface area (Å²) in [6.45, 7) is 3.82. The third-order valence-corrected chi connectivity index (χ3v) is 3.67. The maximum atomic E-state index is 12.7. The molecule has 130 valence electrons. The highest BCUT2D eigenvalue weighted by Gasteiger charge is 2.20. The minimum atomic E-state index is -1.27. The number of carboxylic acid groups (broad SMARTS) is 1. The number of pyridine rings is 1. The van der Waals surface area contributed by atoms with Crippen LogP contribution < -0.4 is 10.2 Å². The fraction of sp³-hybridized carbons (Fsp3) is 0.200. The molecule has 0 spiro atoms. The summed E-state index contributed by atoms with van der Waals surface area (Å²) in [5, 5.41) is 9.50. The third kappa shape index (κ3) is 4.47. The van der Waals surface area contributed by atoms with Crippen LogP contribution >= 0.6 is 0 Å². The Morgan fingerprint density at radius 3 is 2.44 bits per heavy atom. The molecule has 0 saturated heterocycles. The number of methoxy groups -OCH3 is 1. The van der Waals surface area contributed by atoms with E-state index in [1.807, 2.05) is 50.3 Å². The number of aromatic nitrogens is 1. The fourth-order valence-electron chi connectivity index (χ4n) is 2.38. The molecule has 0 unspecified atom stereocenters. The van der Waals surface area contributed by atoms with E-state index in [0.29, 0.717) is 12.0 Å². The second kappa shape index (κ2) is 8.15. The van der Waals surface area contributed by atoms with Crippen LogP contribution in [0.2, 0.25) is 0 Å². The van der Waals surface area contributed by atoms with Gasteiger partial charge in [-0.3, -0.25) is 4.79 Å².